The van der Waals surface area contributed by atoms with Crippen molar-refractivity contribution in [1.82, 2.24) is 35.4 Å². The molecule has 15 nitrogen and oxygen atoms in total. The molecule has 2 aliphatic carbocycles. The summed E-state index contributed by atoms with van der Waals surface area (Å²) in [7, 11) is -3.92. The van der Waals surface area contributed by atoms with E-state index in [1.165, 1.54) is 17.0 Å². The van der Waals surface area contributed by atoms with Crippen LogP contribution in [0.25, 0.3) is 11.0 Å². The van der Waals surface area contributed by atoms with Gasteiger partial charge < -0.3 is 24.8 Å². The van der Waals surface area contributed by atoms with Crippen LogP contribution in [0.3, 0.4) is 0 Å². The predicted octanol–water partition coefficient (Wildman–Crippen LogP) is 2.83. The number of aromatic nitrogens is 3. The minimum Gasteiger partial charge on any atom is -0.471 e. The van der Waals surface area contributed by atoms with Crippen molar-refractivity contribution in [1.29, 1.82) is 0 Å². The van der Waals surface area contributed by atoms with Crippen molar-refractivity contribution in [3.05, 3.63) is 58.9 Å². The van der Waals surface area contributed by atoms with Crippen LogP contribution in [-0.2, 0) is 24.4 Å². The minimum atomic E-state index is -3.92. The maximum absolute atomic E-state index is 14.7. The molecule has 2 aromatic heterocycles. The fraction of sp³-hybridized carbons (Fsp3) is 0.528. The van der Waals surface area contributed by atoms with Crippen LogP contribution in [0.4, 0.5) is 4.39 Å². The number of carbonyl (C=O) groups excluding carboxylic acids is 4. The highest BCUT2D eigenvalue weighted by Crippen LogP contribution is 2.46. The molecule has 4 aliphatic rings. The number of fused-ring (bicyclic) bond motifs is 3. The van der Waals surface area contributed by atoms with Gasteiger partial charge in [-0.3, -0.25) is 23.9 Å². The molecular weight excluding hydrogens is 710 g/mol. The number of sulfonamides is 1. The Morgan fingerprint density at radius 3 is 2.62 bits per heavy atom. The van der Waals surface area contributed by atoms with Crippen molar-refractivity contribution in [2.24, 2.45) is 5.92 Å². The van der Waals surface area contributed by atoms with Crippen molar-refractivity contribution in [3.63, 3.8) is 0 Å². The standard InChI is InChI=1S/C36H42FN7O8S/c1-19-21(3)52-42-29(19)32(46)39-27-12-8-6-4-5-7-10-22-17-36(22,35(48)43-53(49,50)24-14-15-24)41-31(45)28-16-23(18-44(28)34(27)47)51-33-20(2)38-26-13-9-11-25(37)30(26)40-33/h7,9-11,13,22-24,27-28H,4-6,8,12,14-18H2,1-3H3,(H,39,46)(H,41,45)(H,43,48)/t22-,23-,27+,28+,36-/m1/s1. The number of ether oxygens (including phenoxy) is 1. The average Bonchev–Trinajstić information content (AvgIpc) is 4.02. The number of benzene rings is 1. The molecule has 17 heteroatoms. The summed E-state index contributed by atoms with van der Waals surface area (Å²) in [5.74, 6) is -3.24. The number of aryl methyl sites for hydroxylation is 2. The molecule has 0 spiro atoms. The fourth-order valence-corrected chi connectivity index (χ4v) is 8.45. The van der Waals surface area contributed by atoms with E-state index in [4.69, 9.17) is 9.26 Å². The van der Waals surface area contributed by atoms with Gasteiger partial charge >= 0.3 is 0 Å². The van der Waals surface area contributed by atoms with Gasteiger partial charge in [-0.2, -0.15) is 0 Å². The molecule has 1 saturated heterocycles. The van der Waals surface area contributed by atoms with E-state index in [2.05, 4.69) is 30.5 Å². The normalized spacial score (nSPS) is 26.5. The zero-order valence-electron chi connectivity index (χ0n) is 29.7. The molecular formula is C36H42FN7O8S. The lowest BCUT2D eigenvalue weighted by atomic mass is 10.0. The number of amides is 4. The van der Waals surface area contributed by atoms with E-state index in [9.17, 15) is 32.0 Å². The highest BCUT2D eigenvalue weighted by molar-refractivity contribution is 7.91. The van der Waals surface area contributed by atoms with Crippen LogP contribution in [0.1, 0.15) is 85.3 Å². The van der Waals surface area contributed by atoms with E-state index in [1.807, 2.05) is 12.2 Å². The lowest BCUT2D eigenvalue weighted by Crippen LogP contribution is -2.58. The predicted molar refractivity (Wildman–Crippen MR) is 187 cm³/mol. The molecule has 282 valence electrons. The fourth-order valence-electron chi connectivity index (χ4n) is 7.09. The molecule has 0 radical (unpaired) electrons. The maximum atomic E-state index is 14.7. The Morgan fingerprint density at radius 2 is 1.89 bits per heavy atom. The highest BCUT2D eigenvalue weighted by atomic mass is 32.2. The van der Waals surface area contributed by atoms with E-state index in [0.717, 1.165) is 12.8 Å². The number of hydrogen-bond acceptors (Lipinski definition) is 11. The van der Waals surface area contributed by atoms with Crippen molar-refractivity contribution >= 4 is 44.7 Å². The summed E-state index contributed by atoms with van der Waals surface area (Å²) in [6, 6.07) is 2.15. The third kappa shape index (κ3) is 7.35. The highest BCUT2D eigenvalue weighted by Gasteiger charge is 2.62. The number of rotatable bonds is 7. The molecule has 1 aromatic carbocycles. The Bertz CT molecular complexity index is 2120. The van der Waals surface area contributed by atoms with E-state index in [-0.39, 0.29) is 42.9 Å². The number of allylic oxidation sites excluding steroid dienone is 1. The number of nitrogens with one attached hydrogen (secondary N) is 3. The van der Waals surface area contributed by atoms with Crippen molar-refractivity contribution in [2.75, 3.05) is 6.54 Å². The van der Waals surface area contributed by atoms with Gasteiger partial charge in [-0.05, 0) is 71.4 Å². The van der Waals surface area contributed by atoms with Crippen LogP contribution < -0.4 is 20.1 Å². The largest absolute Gasteiger partial charge is 0.471 e. The molecule has 3 fully saturated rings. The smallest absolute Gasteiger partial charge is 0.274 e. The number of nitrogens with zero attached hydrogens (tertiary/aromatic N) is 4. The summed E-state index contributed by atoms with van der Waals surface area (Å²) in [5.41, 5.74) is -0.276. The van der Waals surface area contributed by atoms with Crippen LogP contribution in [-0.4, -0.2) is 87.6 Å². The molecule has 3 aromatic rings. The lowest BCUT2D eigenvalue weighted by Gasteiger charge is -2.29. The van der Waals surface area contributed by atoms with Gasteiger partial charge in [0.25, 0.3) is 11.8 Å². The van der Waals surface area contributed by atoms with E-state index in [1.54, 1.807) is 26.8 Å². The first-order chi connectivity index (χ1) is 25.3. The summed E-state index contributed by atoms with van der Waals surface area (Å²) in [5, 5.41) is 8.85. The average molecular weight is 752 g/mol. The monoisotopic (exact) mass is 751 g/mol. The zero-order valence-corrected chi connectivity index (χ0v) is 30.5. The Kier molecular flexibility index (Phi) is 9.72. The van der Waals surface area contributed by atoms with E-state index < -0.39 is 74.4 Å². The number of hydrogen-bond donors (Lipinski definition) is 3. The van der Waals surface area contributed by atoms with E-state index in [0.29, 0.717) is 48.2 Å². The first-order valence-corrected chi connectivity index (χ1v) is 19.5. The molecule has 7 rings (SSSR count). The SMILES string of the molecule is Cc1nc2cccc(F)c2nc1O[C@@H]1C[C@H]2C(=O)N[C@]3(C(=O)NS(=O)(=O)C4CC4)C[C@H]3C=CCCCCC[C@H](NC(=O)c3noc(C)c3C)C(=O)N2C1. The Labute approximate surface area is 305 Å². The summed E-state index contributed by atoms with van der Waals surface area (Å²) in [6.07, 6.45) is 6.96. The number of halogens is 1. The molecule has 2 saturated carbocycles. The lowest BCUT2D eigenvalue weighted by molar-refractivity contribution is -0.141. The summed E-state index contributed by atoms with van der Waals surface area (Å²) < 4.78 is 53.9. The molecule has 4 heterocycles. The van der Waals surface area contributed by atoms with Crippen LogP contribution >= 0.6 is 0 Å². The quantitative estimate of drug-likeness (QED) is 0.300. The van der Waals surface area contributed by atoms with Gasteiger partial charge in [0.2, 0.25) is 27.7 Å². The summed E-state index contributed by atoms with van der Waals surface area (Å²) >= 11 is 0. The van der Waals surface area contributed by atoms with Gasteiger partial charge in [-0.1, -0.05) is 36.2 Å². The van der Waals surface area contributed by atoms with Crippen molar-refractivity contribution < 1.29 is 41.2 Å². The van der Waals surface area contributed by atoms with Gasteiger partial charge in [0.05, 0.1) is 17.3 Å². The Morgan fingerprint density at radius 1 is 1.09 bits per heavy atom. The summed E-state index contributed by atoms with van der Waals surface area (Å²) in [4.78, 5) is 66.0. The molecule has 0 unspecified atom stereocenters. The molecule has 5 atom stereocenters. The number of carbonyl (C=O) groups is 4. The van der Waals surface area contributed by atoms with Crippen molar-refractivity contribution in [3.8, 4) is 5.88 Å². The van der Waals surface area contributed by atoms with Gasteiger partial charge in [-0.25, -0.2) is 22.8 Å². The first kappa shape index (κ1) is 36.4. The van der Waals surface area contributed by atoms with Gasteiger partial charge in [0.1, 0.15) is 40.7 Å². The van der Waals surface area contributed by atoms with Gasteiger partial charge in [0.15, 0.2) is 11.5 Å². The molecule has 4 amide bonds. The minimum absolute atomic E-state index is 0.00198. The summed E-state index contributed by atoms with van der Waals surface area (Å²) in [6.45, 7) is 4.90. The molecule has 2 aliphatic heterocycles. The van der Waals surface area contributed by atoms with Crippen LogP contribution in [0.5, 0.6) is 5.88 Å². The molecule has 0 bridgehead atoms. The zero-order chi connectivity index (χ0) is 37.7. The second kappa shape index (κ2) is 14.1. The van der Waals surface area contributed by atoms with Crippen LogP contribution in [0, 0.1) is 32.5 Å². The van der Waals surface area contributed by atoms with E-state index >= 15 is 0 Å². The second-order valence-corrected chi connectivity index (χ2v) is 16.4. The molecule has 53 heavy (non-hydrogen) atoms. The molecule has 3 N–H and O–H groups in total. The van der Waals surface area contributed by atoms with Crippen LogP contribution in [0.15, 0.2) is 34.9 Å². The van der Waals surface area contributed by atoms with Crippen LogP contribution in [0.2, 0.25) is 0 Å². The Balaban J connectivity index is 1.20. The third-order valence-corrected chi connectivity index (χ3v) is 12.4. The van der Waals surface area contributed by atoms with Gasteiger partial charge in [0, 0.05) is 17.9 Å². The topological polar surface area (TPSA) is 203 Å². The second-order valence-electron chi connectivity index (χ2n) is 14.5. The third-order valence-electron chi connectivity index (χ3n) is 10.6. The van der Waals surface area contributed by atoms with Gasteiger partial charge in [-0.15, -0.1) is 0 Å². The van der Waals surface area contributed by atoms with Crippen molar-refractivity contribution in [2.45, 2.75) is 108 Å². The first-order valence-electron chi connectivity index (χ1n) is 18.0. The maximum Gasteiger partial charge on any atom is 0.274 e. The number of para-hydroxylation sites is 1. The Hall–Kier alpha value is -4.93.